The number of imide groups is 1. The molecule has 8 heteroatoms. The van der Waals surface area contributed by atoms with E-state index in [1.807, 2.05) is 6.07 Å². The fraction of sp³-hybridized carbons (Fsp3) is 0.263. The summed E-state index contributed by atoms with van der Waals surface area (Å²) in [6.07, 6.45) is -0.271. The predicted octanol–water partition coefficient (Wildman–Crippen LogP) is 1.23. The van der Waals surface area contributed by atoms with E-state index in [0.717, 1.165) is 16.7 Å². The quantitative estimate of drug-likeness (QED) is 0.565. The first-order valence-electron chi connectivity index (χ1n) is 8.32. The summed E-state index contributed by atoms with van der Waals surface area (Å²) in [5.41, 5.74) is 1.27. The van der Waals surface area contributed by atoms with Gasteiger partial charge in [-0.3, -0.25) is 18.7 Å². The number of hydrogen-bond acceptors (Lipinski definition) is 6. The van der Waals surface area contributed by atoms with Crippen molar-refractivity contribution in [3.63, 3.8) is 0 Å². The van der Waals surface area contributed by atoms with E-state index in [1.54, 1.807) is 48.5 Å². The number of carbonyl (C=O) groups is 2. The second kappa shape index (κ2) is 7.59. The van der Waals surface area contributed by atoms with Gasteiger partial charge in [0.25, 0.3) is 21.9 Å². The number of hydrogen-bond donors (Lipinski definition) is 1. The van der Waals surface area contributed by atoms with Gasteiger partial charge in [-0.15, -0.1) is 0 Å². The lowest BCUT2D eigenvalue weighted by atomic mass is 10.00. The summed E-state index contributed by atoms with van der Waals surface area (Å²) >= 11 is 0. The maximum absolute atomic E-state index is 12.8. The fourth-order valence-corrected chi connectivity index (χ4v) is 3.83. The summed E-state index contributed by atoms with van der Waals surface area (Å²) < 4.78 is 28.3. The lowest BCUT2D eigenvalue weighted by molar-refractivity contribution is 0.0269. The van der Waals surface area contributed by atoms with Gasteiger partial charge in [0, 0.05) is 0 Å². The molecule has 2 atom stereocenters. The minimum absolute atomic E-state index is 0.146. The molecule has 0 spiro atoms. The molecule has 2 aromatic rings. The van der Waals surface area contributed by atoms with Gasteiger partial charge in [-0.25, -0.2) is 0 Å². The summed E-state index contributed by atoms with van der Waals surface area (Å²) in [7, 11) is -3.91. The van der Waals surface area contributed by atoms with Crippen molar-refractivity contribution in [2.45, 2.75) is 18.6 Å². The summed E-state index contributed by atoms with van der Waals surface area (Å²) in [5.74, 6) is -1.07. The van der Waals surface area contributed by atoms with Crippen molar-refractivity contribution >= 4 is 21.9 Å². The Labute approximate surface area is 157 Å². The Morgan fingerprint density at radius 2 is 1.48 bits per heavy atom. The molecule has 0 fully saturated rings. The zero-order chi connectivity index (χ0) is 19.6. The Morgan fingerprint density at radius 1 is 0.963 bits per heavy atom. The van der Waals surface area contributed by atoms with Crippen molar-refractivity contribution in [2.75, 3.05) is 12.9 Å². The van der Waals surface area contributed by atoms with Crippen LogP contribution in [0.3, 0.4) is 0 Å². The van der Waals surface area contributed by atoms with E-state index in [4.69, 9.17) is 4.18 Å². The lowest BCUT2D eigenvalue weighted by Crippen LogP contribution is -2.51. The van der Waals surface area contributed by atoms with Gasteiger partial charge in [-0.05, 0) is 24.1 Å². The SMILES string of the molecule is CS(=O)(=O)O[C@@H](CO)[C@H](Cc1ccccc1)N1C(=O)c2ccccc2C1=O. The molecule has 27 heavy (non-hydrogen) atoms. The Hall–Kier alpha value is -2.55. The molecule has 0 unspecified atom stereocenters. The monoisotopic (exact) mass is 389 g/mol. The number of nitrogens with zero attached hydrogens (tertiary/aromatic N) is 1. The molecule has 2 amide bonds. The van der Waals surface area contributed by atoms with Gasteiger partial charge in [-0.1, -0.05) is 42.5 Å². The molecule has 1 aliphatic heterocycles. The Balaban J connectivity index is 2.02. The van der Waals surface area contributed by atoms with Gasteiger partial charge >= 0.3 is 0 Å². The normalized spacial score (nSPS) is 16.3. The van der Waals surface area contributed by atoms with Crippen LogP contribution in [-0.4, -0.2) is 55.2 Å². The van der Waals surface area contributed by atoms with Crippen LogP contribution in [0, 0.1) is 0 Å². The van der Waals surface area contributed by atoms with Crippen LogP contribution in [0.15, 0.2) is 54.6 Å². The number of fused-ring (bicyclic) bond motifs is 1. The molecule has 0 aliphatic carbocycles. The number of aliphatic hydroxyl groups is 1. The van der Waals surface area contributed by atoms with Crippen molar-refractivity contribution < 1.29 is 27.3 Å². The van der Waals surface area contributed by atoms with Crippen molar-refractivity contribution in [3.05, 3.63) is 71.3 Å². The second-order valence-electron chi connectivity index (χ2n) is 6.30. The van der Waals surface area contributed by atoms with E-state index in [9.17, 15) is 23.1 Å². The molecule has 1 heterocycles. The topological polar surface area (TPSA) is 101 Å². The summed E-state index contributed by atoms with van der Waals surface area (Å²) in [6.45, 7) is -0.669. The first-order chi connectivity index (χ1) is 12.8. The average Bonchev–Trinajstić information content (AvgIpc) is 2.89. The minimum Gasteiger partial charge on any atom is -0.394 e. The molecule has 2 aromatic carbocycles. The highest BCUT2D eigenvalue weighted by Gasteiger charge is 2.43. The molecule has 0 bridgehead atoms. The zero-order valence-electron chi connectivity index (χ0n) is 14.6. The van der Waals surface area contributed by atoms with E-state index < -0.39 is 40.7 Å². The van der Waals surface area contributed by atoms with Crippen LogP contribution in [0.4, 0.5) is 0 Å². The molecule has 0 saturated heterocycles. The van der Waals surface area contributed by atoms with E-state index in [-0.39, 0.29) is 17.5 Å². The molecule has 1 N–H and O–H groups in total. The number of carbonyl (C=O) groups excluding carboxylic acids is 2. The maximum atomic E-state index is 12.8. The molecule has 0 radical (unpaired) electrons. The number of aliphatic hydroxyl groups excluding tert-OH is 1. The highest BCUT2D eigenvalue weighted by Crippen LogP contribution is 2.28. The first kappa shape index (κ1) is 19.2. The van der Waals surface area contributed by atoms with Gasteiger partial charge in [0.05, 0.1) is 30.0 Å². The van der Waals surface area contributed by atoms with Crippen LogP contribution in [0.25, 0.3) is 0 Å². The highest BCUT2D eigenvalue weighted by atomic mass is 32.2. The summed E-state index contributed by atoms with van der Waals surface area (Å²) in [6, 6.07) is 14.4. The fourth-order valence-electron chi connectivity index (χ4n) is 3.19. The third kappa shape index (κ3) is 4.08. The van der Waals surface area contributed by atoms with E-state index in [1.165, 1.54) is 0 Å². The molecular weight excluding hydrogens is 370 g/mol. The molecule has 3 rings (SSSR count). The average molecular weight is 389 g/mol. The number of rotatable bonds is 7. The molecule has 7 nitrogen and oxygen atoms in total. The Bertz CT molecular complexity index is 922. The van der Waals surface area contributed by atoms with Gasteiger partial charge in [0.15, 0.2) is 0 Å². The van der Waals surface area contributed by atoms with Gasteiger partial charge in [0.1, 0.15) is 6.10 Å². The first-order valence-corrected chi connectivity index (χ1v) is 10.1. The van der Waals surface area contributed by atoms with Crippen molar-refractivity contribution in [1.82, 2.24) is 4.90 Å². The predicted molar refractivity (Wildman–Crippen MR) is 97.7 cm³/mol. The Kier molecular flexibility index (Phi) is 5.41. The highest BCUT2D eigenvalue weighted by molar-refractivity contribution is 7.86. The van der Waals surface area contributed by atoms with Crippen LogP contribution < -0.4 is 0 Å². The van der Waals surface area contributed by atoms with Crippen molar-refractivity contribution in [2.24, 2.45) is 0 Å². The Morgan fingerprint density at radius 3 is 1.96 bits per heavy atom. The van der Waals surface area contributed by atoms with Gasteiger partial charge in [0.2, 0.25) is 0 Å². The number of amides is 2. The minimum atomic E-state index is -3.91. The molecule has 1 aliphatic rings. The van der Waals surface area contributed by atoms with Gasteiger partial charge in [-0.2, -0.15) is 8.42 Å². The molecule has 0 aromatic heterocycles. The van der Waals surface area contributed by atoms with Crippen molar-refractivity contribution in [3.8, 4) is 0 Å². The van der Waals surface area contributed by atoms with Crippen LogP contribution in [0.5, 0.6) is 0 Å². The third-order valence-corrected chi connectivity index (χ3v) is 4.95. The number of benzene rings is 2. The second-order valence-corrected chi connectivity index (χ2v) is 7.91. The summed E-state index contributed by atoms with van der Waals surface area (Å²) in [5, 5.41) is 9.75. The third-order valence-electron chi connectivity index (χ3n) is 4.35. The van der Waals surface area contributed by atoms with E-state index in [0.29, 0.717) is 0 Å². The standard InChI is InChI=1S/C19H19NO6S/c1-27(24,25)26-17(12-21)16(11-13-7-3-2-4-8-13)20-18(22)14-9-5-6-10-15(14)19(20)23/h2-10,16-17,21H,11-12H2,1H3/t16-,17-/m0/s1. The van der Waals surface area contributed by atoms with Crippen LogP contribution in [-0.2, 0) is 20.7 Å². The molecule has 0 saturated carbocycles. The van der Waals surface area contributed by atoms with E-state index in [2.05, 4.69) is 0 Å². The smallest absolute Gasteiger partial charge is 0.264 e. The molecular formula is C19H19NO6S. The van der Waals surface area contributed by atoms with Crippen LogP contribution in [0.1, 0.15) is 26.3 Å². The van der Waals surface area contributed by atoms with E-state index >= 15 is 0 Å². The van der Waals surface area contributed by atoms with Gasteiger partial charge < -0.3 is 5.11 Å². The van der Waals surface area contributed by atoms with Crippen LogP contribution in [0.2, 0.25) is 0 Å². The molecule has 142 valence electrons. The summed E-state index contributed by atoms with van der Waals surface area (Å²) in [4.78, 5) is 26.7. The zero-order valence-corrected chi connectivity index (χ0v) is 15.4. The lowest BCUT2D eigenvalue weighted by Gasteiger charge is -2.31. The van der Waals surface area contributed by atoms with Crippen LogP contribution >= 0.6 is 0 Å². The maximum Gasteiger partial charge on any atom is 0.264 e. The van der Waals surface area contributed by atoms with Crippen molar-refractivity contribution in [1.29, 1.82) is 0 Å². The largest absolute Gasteiger partial charge is 0.394 e.